The maximum Gasteiger partial charge on any atom is 0.317 e. The van der Waals surface area contributed by atoms with Crippen molar-refractivity contribution in [2.24, 2.45) is 0 Å². The molecule has 0 atom stereocenters. The number of nitrogens with zero attached hydrogens (tertiary/aromatic N) is 4. The van der Waals surface area contributed by atoms with Crippen molar-refractivity contribution in [1.82, 2.24) is 19.6 Å². The molecule has 0 spiro atoms. The van der Waals surface area contributed by atoms with Crippen molar-refractivity contribution in [3.63, 3.8) is 0 Å². The summed E-state index contributed by atoms with van der Waals surface area (Å²) >= 11 is 0. The summed E-state index contributed by atoms with van der Waals surface area (Å²) in [5.74, 6) is -2.95. The Morgan fingerprint density at radius 1 is 0.552 bits per heavy atom. The number of ketones is 1. The summed E-state index contributed by atoms with van der Waals surface area (Å²) in [5.41, 5.74) is 0. The van der Waals surface area contributed by atoms with Gasteiger partial charge in [0.2, 0.25) is 0 Å². The number of aliphatic carboxylic acids is 3. The maximum atomic E-state index is 11.5. The zero-order valence-corrected chi connectivity index (χ0v) is 16.2. The van der Waals surface area contributed by atoms with Crippen LogP contribution in [0, 0.1) is 0 Å². The number of hydrogen-bond acceptors (Lipinski definition) is 8. The molecule has 3 N–H and O–H groups in total. The van der Waals surface area contributed by atoms with Gasteiger partial charge in [0.15, 0.2) is 0 Å². The molecular formula is C18H34N4O7. The first-order chi connectivity index (χ1) is 13.2. The van der Waals surface area contributed by atoms with Gasteiger partial charge in [-0.05, 0) is 6.92 Å². The van der Waals surface area contributed by atoms with Gasteiger partial charge in [0.05, 0.1) is 26.2 Å². The van der Waals surface area contributed by atoms with E-state index >= 15 is 0 Å². The first-order valence-electron chi connectivity index (χ1n) is 9.20. The Balaban J connectivity index is 0.00000784. The topological polar surface area (TPSA) is 142 Å². The highest BCUT2D eigenvalue weighted by Gasteiger charge is 2.20. The molecule has 11 heteroatoms. The Morgan fingerprint density at radius 3 is 0.931 bits per heavy atom. The fourth-order valence-electron chi connectivity index (χ4n) is 3.10. The van der Waals surface area contributed by atoms with Gasteiger partial charge in [-0.15, -0.1) is 0 Å². The van der Waals surface area contributed by atoms with Crippen LogP contribution in [0.15, 0.2) is 0 Å². The molecule has 1 aliphatic rings. The summed E-state index contributed by atoms with van der Waals surface area (Å²) in [7, 11) is 0. The van der Waals surface area contributed by atoms with E-state index in [1.165, 1.54) is 6.92 Å². The highest BCUT2D eigenvalue weighted by molar-refractivity contribution is 5.77. The van der Waals surface area contributed by atoms with E-state index in [2.05, 4.69) is 0 Å². The van der Waals surface area contributed by atoms with E-state index in [0.29, 0.717) is 52.4 Å². The van der Waals surface area contributed by atoms with Crippen molar-refractivity contribution in [3.8, 4) is 0 Å². The minimum atomic E-state index is -0.991. The lowest BCUT2D eigenvalue weighted by molar-refractivity contribution is -0.140. The molecule has 11 nitrogen and oxygen atoms in total. The van der Waals surface area contributed by atoms with E-state index in [1.807, 2.05) is 4.90 Å². The zero-order chi connectivity index (χ0) is 21.1. The monoisotopic (exact) mass is 418 g/mol. The van der Waals surface area contributed by atoms with Crippen LogP contribution in [0.5, 0.6) is 0 Å². The molecule has 1 fully saturated rings. The molecule has 0 saturated carbocycles. The summed E-state index contributed by atoms with van der Waals surface area (Å²) in [4.78, 5) is 51.9. The number of carboxylic acid groups (broad SMARTS) is 3. The van der Waals surface area contributed by atoms with Crippen molar-refractivity contribution < 1.29 is 34.5 Å². The van der Waals surface area contributed by atoms with Crippen LogP contribution in [0.2, 0.25) is 0 Å². The maximum absolute atomic E-state index is 11.5. The normalized spacial score (nSPS) is 18.8. The van der Waals surface area contributed by atoms with Crippen LogP contribution in [-0.2, 0) is 19.2 Å². The van der Waals surface area contributed by atoms with Gasteiger partial charge in [-0.3, -0.25) is 38.8 Å². The van der Waals surface area contributed by atoms with E-state index in [0.717, 1.165) is 0 Å². The van der Waals surface area contributed by atoms with Crippen molar-refractivity contribution in [2.75, 3.05) is 78.5 Å². The lowest BCUT2D eigenvalue weighted by atomic mass is 10.3. The molecule has 0 aromatic heterocycles. The number of Topliss-reactive ketones (excluding diaryl/α,β-unsaturated/α-hetero) is 1. The van der Waals surface area contributed by atoms with Crippen LogP contribution >= 0.6 is 0 Å². The molecule has 168 valence electrons. The van der Waals surface area contributed by atoms with Gasteiger partial charge in [0.1, 0.15) is 5.78 Å². The Bertz CT molecular complexity index is 446. The first-order valence-corrected chi connectivity index (χ1v) is 9.20. The zero-order valence-electron chi connectivity index (χ0n) is 16.2. The molecule has 0 radical (unpaired) electrons. The molecule has 0 aromatic carbocycles. The van der Waals surface area contributed by atoms with Gasteiger partial charge in [0.25, 0.3) is 0 Å². The molecule has 0 aromatic rings. The lowest BCUT2D eigenvalue weighted by Crippen LogP contribution is -2.49. The lowest BCUT2D eigenvalue weighted by Gasteiger charge is -2.32. The molecule has 0 unspecified atom stereocenters. The average molecular weight is 418 g/mol. The van der Waals surface area contributed by atoms with Crippen LogP contribution in [0.25, 0.3) is 0 Å². The molecular weight excluding hydrogens is 384 g/mol. The van der Waals surface area contributed by atoms with E-state index in [9.17, 15) is 19.2 Å². The minimum Gasteiger partial charge on any atom is -0.480 e. The van der Waals surface area contributed by atoms with E-state index in [-0.39, 0.29) is 39.4 Å². The molecule has 0 aliphatic carbocycles. The van der Waals surface area contributed by atoms with Gasteiger partial charge in [-0.25, -0.2) is 0 Å². The van der Waals surface area contributed by atoms with Crippen molar-refractivity contribution in [3.05, 3.63) is 0 Å². The summed E-state index contributed by atoms with van der Waals surface area (Å²) < 4.78 is 0. The summed E-state index contributed by atoms with van der Waals surface area (Å²) in [5, 5.41) is 27.3. The van der Waals surface area contributed by atoms with Crippen LogP contribution < -0.4 is 0 Å². The fourth-order valence-corrected chi connectivity index (χ4v) is 3.10. The molecule has 1 heterocycles. The highest BCUT2D eigenvalue weighted by atomic mass is 16.4. The SMILES string of the molecule is C.CC(=O)CN1CCN(CC(=O)O)CCN(CC(=O)O)CCN(CC(=O)O)CC1. The van der Waals surface area contributed by atoms with Gasteiger partial charge in [0, 0.05) is 52.4 Å². The smallest absolute Gasteiger partial charge is 0.317 e. The standard InChI is InChI=1S/C17H30N4O7.CH4/c1-14(22)10-18-2-4-19(11-15(23)24)6-8-21(13-17(27)28)9-7-20(5-3-18)12-16(25)26;/h2-13H2,1H3,(H,23,24)(H,25,26)(H,27,28);1H4. The second kappa shape index (κ2) is 14.0. The summed E-state index contributed by atoms with van der Waals surface area (Å²) in [6.45, 7) is 4.37. The quantitative estimate of drug-likeness (QED) is 0.432. The van der Waals surface area contributed by atoms with E-state index in [4.69, 9.17) is 15.3 Å². The summed E-state index contributed by atoms with van der Waals surface area (Å²) in [6, 6.07) is 0. The van der Waals surface area contributed by atoms with Crippen molar-refractivity contribution in [1.29, 1.82) is 0 Å². The predicted molar refractivity (Wildman–Crippen MR) is 106 cm³/mol. The third-order valence-electron chi connectivity index (χ3n) is 4.45. The van der Waals surface area contributed by atoms with Crippen LogP contribution in [-0.4, -0.2) is 137 Å². The Kier molecular flexibility index (Phi) is 13.0. The van der Waals surface area contributed by atoms with Gasteiger partial charge in [-0.2, -0.15) is 0 Å². The second-order valence-electron chi connectivity index (χ2n) is 6.99. The van der Waals surface area contributed by atoms with Crippen LogP contribution in [0.3, 0.4) is 0 Å². The molecule has 0 bridgehead atoms. The highest BCUT2D eigenvalue weighted by Crippen LogP contribution is 2.01. The molecule has 1 saturated heterocycles. The largest absolute Gasteiger partial charge is 0.480 e. The Hall–Kier alpha value is -2.08. The molecule has 29 heavy (non-hydrogen) atoms. The summed E-state index contributed by atoms with van der Waals surface area (Å²) in [6.07, 6.45) is 0. The van der Waals surface area contributed by atoms with Gasteiger partial charge >= 0.3 is 17.9 Å². The van der Waals surface area contributed by atoms with E-state index in [1.54, 1.807) is 14.7 Å². The minimum absolute atomic E-state index is 0. The van der Waals surface area contributed by atoms with E-state index < -0.39 is 17.9 Å². The Morgan fingerprint density at radius 2 is 0.759 bits per heavy atom. The average Bonchev–Trinajstić information content (AvgIpc) is 2.55. The predicted octanol–water partition coefficient (Wildman–Crippen LogP) is -1.31. The molecule has 0 amide bonds. The number of rotatable bonds is 8. The first kappa shape index (κ1) is 26.9. The second-order valence-corrected chi connectivity index (χ2v) is 6.99. The number of carbonyl (C=O) groups excluding carboxylic acids is 1. The third-order valence-corrected chi connectivity index (χ3v) is 4.45. The molecule has 1 aliphatic heterocycles. The fraction of sp³-hybridized carbons (Fsp3) is 0.778. The van der Waals surface area contributed by atoms with Gasteiger partial charge < -0.3 is 15.3 Å². The number of carboxylic acids is 3. The third kappa shape index (κ3) is 12.9. The number of carbonyl (C=O) groups is 4. The van der Waals surface area contributed by atoms with Crippen molar-refractivity contribution in [2.45, 2.75) is 14.4 Å². The van der Waals surface area contributed by atoms with Crippen LogP contribution in [0.1, 0.15) is 14.4 Å². The van der Waals surface area contributed by atoms with Crippen LogP contribution in [0.4, 0.5) is 0 Å². The van der Waals surface area contributed by atoms with Gasteiger partial charge in [-0.1, -0.05) is 7.43 Å². The van der Waals surface area contributed by atoms with Crippen molar-refractivity contribution >= 4 is 23.7 Å². The number of hydrogen-bond donors (Lipinski definition) is 3. The Labute approximate surface area is 171 Å². The molecule has 1 rings (SSSR count).